The lowest BCUT2D eigenvalue weighted by Gasteiger charge is -2.32. The van der Waals surface area contributed by atoms with E-state index in [1.54, 1.807) is 0 Å². The van der Waals surface area contributed by atoms with E-state index in [0.29, 0.717) is 30.3 Å². The summed E-state index contributed by atoms with van der Waals surface area (Å²) in [4.78, 5) is 14.5. The van der Waals surface area contributed by atoms with Crippen LogP contribution in [0.5, 0.6) is 0 Å². The third-order valence-electron chi connectivity index (χ3n) is 5.95. The van der Waals surface area contributed by atoms with Gasteiger partial charge in [0.25, 0.3) is 0 Å². The van der Waals surface area contributed by atoms with Crippen LogP contribution in [-0.2, 0) is 16.1 Å². The Balaban J connectivity index is 1.51. The molecular weight excluding hydrogens is 294 g/mol. The van der Waals surface area contributed by atoms with Crippen molar-refractivity contribution >= 4 is 5.97 Å². The van der Waals surface area contributed by atoms with Gasteiger partial charge in [-0.05, 0) is 38.0 Å². The molecule has 0 aromatic carbocycles. The second-order valence-electron chi connectivity index (χ2n) is 7.22. The van der Waals surface area contributed by atoms with Gasteiger partial charge < -0.3 is 9.15 Å². The summed E-state index contributed by atoms with van der Waals surface area (Å²) < 4.78 is 10.9. The standard InChI is InChI=1S/C17H25N3O3/c1-22-17(21)14-9-12-5-2-3-8-13(12)20(14)10-15-18-19-16(23-15)11-6-4-7-11/h11-14H,2-10H2,1H3/t12-,13-,14+/m1/s1. The maximum Gasteiger partial charge on any atom is 0.323 e. The quantitative estimate of drug-likeness (QED) is 0.795. The summed E-state index contributed by atoms with van der Waals surface area (Å²) in [6.45, 7) is 0.570. The number of rotatable bonds is 4. The lowest BCUT2D eigenvalue weighted by Crippen LogP contribution is -2.42. The molecule has 0 bridgehead atoms. The number of aromatic nitrogens is 2. The third kappa shape index (κ3) is 2.77. The molecule has 0 amide bonds. The number of hydrogen-bond donors (Lipinski definition) is 0. The summed E-state index contributed by atoms with van der Waals surface area (Å²) in [5, 5.41) is 8.44. The number of nitrogens with zero attached hydrogens (tertiary/aromatic N) is 3. The van der Waals surface area contributed by atoms with Crippen LogP contribution in [0.1, 0.15) is 69.1 Å². The van der Waals surface area contributed by atoms with Crippen LogP contribution in [0.25, 0.3) is 0 Å². The molecule has 0 unspecified atom stereocenters. The summed E-state index contributed by atoms with van der Waals surface area (Å²) in [5.74, 6) is 2.35. The van der Waals surface area contributed by atoms with Gasteiger partial charge in [-0.2, -0.15) is 0 Å². The highest BCUT2D eigenvalue weighted by atomic mass is 16.5. The van der Waals surface area contributed by atoms with Gasteiger partial charge in [0.15, 0.2) is 0 Å². The molecule has 1 aromatic heterocycles. The molecule has 0 spiro atoms. The van der Waals surface area contributed by atoms with Gasteiger partial charge in [0, 0.05) is 12.0 Å². The molecule has 0 N–H and O–H groups in total. The summed E-state index contributed by atoms with van der Waals surface area (Å²) in [5.41, 5.74) is 0. The van der Waals surface area contributed by atoms with Crippen LogP contribution in [0.4, 0.5) is 0 Å². The Morgan fingerprint density at radius 1 is 1.22 bits per heavy atom. The van der Waals surface area contributed by atoms with Crippen molar-refractivity contribution in [2.24, 2.45) is 5.92 Å². The number of likely N-dealkylation sites (tertiary alicyclic amines) is 1. The first-order valence-electron chi connectivity index (χ1n) is 8.92. The van der Waals surface area contributed by atoms with Gasteiger partial charge in [-0.15, -0.1) is 10.2 Å². The first-order chi connectivity index (χ1) is 11.3. The number of methoxy groups -OCH3 is 1. The predicted octanol–water partition coefficient (Wildman–Crippen LogP) is 2.64. The molecule has 2 heterocycles. The van der Waals surface area contributed by atoms with Crippen molar-refractivity contribution in [2.45, 2.75) is 75.9 Å². The van der Waals surface area contributed by atoms with Gasteiger partial charge >= 0.3 is 5.97 Å². The van der Waals surface area contributed by atoms with E-state index in [1.165, 1.54) is 32.8 Å². The van der Waals surface area contributed by atoms with E-state index >= 15 is 0 Å². The molecule has 126 valence electrons. The molecule has 3 aliphatic rings. The third-order valence-corrected chi connectivity index (χ3v) is 5.95. The molecule has 1 saturated heterocycles. The molecule has 1 aromatic rings. The molecule has 6 heteroatoms. The Bertz CT molecular complexity index is 569. The van der Waals surface area contributed by atoms with E-state index in [9.17, 15) is 4.79 Å². The van der Waals surface area contributed by atoms with Crippen LogP contribution in [-0.4, -0.2) is 40.3 Å². The highest BCUT2D eigenvalue weighted by molar-refractivity contribution is 5.76. The molecule has 23 heavy (non-hydrogen) atoms. The molecule has 3 atom stereocenters. The van der Waals surface area contributed by atoms with Gasteiger partial charge in [-0.25, -0.2) is 0 Å². The Morgan fingerprint density at radius 3 is 2.78 bits per heavy atom. The van der Waals surface area contributed by atoms with E-state index in [0.717, 1.165) is 31.6 Å². The molecule has 2 saturated carbocycles. The van der Waals surface area contributed by atoms with Crippen molar-refractivity contribution in [2.75, 3.05) is 7.11 Å². The first-order valence-corrected chi connectivity index (χ1v) is 8.92. The smallest absolute Gasteiger partial charge is 0.323 e. The van der Waals surface area contributed by atoms with E-state index in [-0.39, 0.29) is 12.0 Å². The minimum Gasteiger partial charge on any atom is -0.468 e. The molecule has 3 fully saturated rings. The van der Waals surface area contributed by atoms with Crippen LogP contribution in [0.15, 0.2) is 4.42 Å². The van der Waals surface area contributed by atoms with Gasteiger partial charge in [-0.3, -0.25) is 9.69 Å². The zero-order valence-electron chi connectivity index (χ0n) is 13.7. The number of fused-ring (bicyclic) bond motifs is 1. The van der Waals surface area contributed by atoms with E-state index in [2.05, 4.69) is 15.1 Å². The van der Waals surface area contributed by atoms with Crippen molar-refractivity contribution in [3.05, 3.63) is 11.8 Å². The average molecular weight is 319 g/mol. The van der Waals surface area contributed by atoms with Gasteiger partial charge in [0.05, 0.1) is 13.7 Å². The second kappa shape index (κ2) is 6.23. The number of hydrogen-bond acceptors (Lipinski definition) is 6. The van der Waals surface area contributed by atoms with Crippen LogP contribution in [0.2, 0.25) is 0 Å². The van der Waals surface area contributed by atoms with Crippen LogP contribution in [0, 0.1) is 5.92 Å². The van der Waals surface area contributed by atoms with Crippen LogP contribution in [0.3, 0.4) is 0 Å². The average Bonchev–Trinajstić information content (AvgIpc) is 3.11. The largest absolute Gasteiger partial charge is 0.468 e. The van der Waals surface area contributed by atoms with Crippen molar-refractivity contribution in [3.63, 3.8) is 0 Å². The lowest BCUT2D eigenvalue weighted by atomic mass is 9.85. The predicted molar refractivity (Wildman–Crippen MR) is 82.6 cm³/mol. The summed E-state index contributed by atoms with van der Waals surface area (Å²) >= 11 is 0. The Kier molecular flexibility index (Phi) is 4.09. The SMILES string of the molecule is COC(=O)[C@@H]1C[C@H]2CCCC[C@H]2N1Cc1nnc(C2CCC2)o1. The first kappa shape index (κ1) is 15.1. The Labute approximate surface area is 136 Å². The molecule has 4 rings (SSSR count). The fraction of sp³-hybridized carbons (Fsp3) is 0.824. The highest BCUT2D eigenvalue weighted by Gasteiger charge is 2.46. The number of carbonyl (C=O) groups excluding carboxylic acids is 1. The fourth-order valence-electron chi connectivity index (χ4n) is 4.45. The van der Waals surface area contributed by atoms with Crippen molar-refractivity contribution < 1.29 is 13.9 Å². The number of ether oxygens (including phenoxy) is 1. The number of carbonyl (C=O) groups is 1. The van der Waals surface area contributed by atoms with Crippen molar-refractivity contribution in [1.29, 1.82) is 0 Å². The topological polar surface area (TPSA) is 68.5 Å². The molecule has 6 nitrogen and oxygen atoms in total. The monoisotopic (exact) mass is 319 g/mol. The maximum atomic E-state index is 12.2. The van der Waals surface area contributed by atoms with Crippen LogP contribution >= 0.6 is 0 Å². The van der Waals surface area contributed by atoms with Gasteiger partial charge in [-0.1, -0.05) is 19.3 Å². The second-order valence-corrected chi connectivity index (χ2v) is 7.22. The molecular formula is C17H25N3O3. The summed E-state index contributed by atoms with van der Waals surface area (Å²) in [6.07, 6.45) is 9.34. The zero-order chi connectivity index (χ0) is 15.8. The van der Waals surface area contributed by atoms with Gasteiger partial charge in [0.1, 0.15) is 6.04 Å². The zero-order valence-corrected chi connectivity index (χ0v) is 13.7. The maximum absolute atomic E-state index is 12.2. The van der Waals surface area contributed by atoms with E-state index < -0.39 is 0 Å². The van der Waals surface area contributed by atoms with Crippen molar-refractivity contribution in [1.82, 2.24) is 15.1 Å². The number of esters is 1. The fourth-order valence-corrected chi connectivity index (χ4v) is 4.45. The van der Waals surface area contributed by atoms with E-state index in [1.807, 2.05) is 0 Å². The molecule has 2 aliphatic carbocycles. The van der Waals surface area contributed by atoms with E-state index in [4.69, 9.17) is 9.15 Å². The van der Waals surface area contributed by atoms with Crippen molar-refractivity contribution in [3.8, 4) is 0 Å². The highest BCUT2D eigenvalue weighted by Crippen LogP contribution is 2.41. The molecule has 0 radical (unpaired) electrons. The minimum absolute atomic E-state index is 0.127. The lowest BCUT2D eigenvalue weighted by molar-refractivity contribution is -0.146. The summed E-state index contributed by atoms with van der Waals surface area (Å²) in [7, 11) is 1.48. The summed E-state index contributed by atoms with van der Waals surface area (Å²) in [6, 6.07) is 0.291. The van der Waals surface area contributed by atoms with Crippen LogP contribution < -0.4 is 0 Å². The molecule has 1 aliphatic heterocycles. The normalized spacial score (nSPS) is 31.6. The minimum atomic E-state index is -0.160. The van der Waals surface area contributed by atoms with Gasteiger partial charge in [0.2, 0.25) is 11.8 Å². The Hall–Kier alpha value is -1.43. The Morgan fingerprint density at radius 2 is 2.04 bits per heavy atom.